The van der Waals surface area contributed by atoms with Crippen molar-refractivity contribution in [2.45, 2.75) is 51.7 Å². The molecule has 0 aliphatic heterocycles. The fourth-order valence-corrected chi connectivity index (χ4v) is 2.34. The average Bonchev–Trinajstić information content (AvgIpc) is 2.92. The molecule has 0 saturated heterocycles. The summed E-state index contributed by atoms with van der Waals surface area (Å²) >= 11 is 0. The van der Waals surface area contributed by atoms with Crippen molar-refractivity contribution in [3.05, 3.63) is 24.3 Å². The van der Waals surface area contributed by atoms with E-state index in [1.807, 2.05) is 38.1 Å². The van der Waals surface area contributed by atoms with Crippen molar-refractivity contribution in [3.8, 4) is 5.75 Å². The molecule has 1 aromatic carbocycles. The number of para-hydroxylation sites is 2. The normalized spacial score (nSPS) is 17.7. The number of carbonyl (C=O) groups is 1. The summed E-state index contributed by atoms with van der Waals surface area (Å²) in [6.45, 7) is 3.67. The van der Waals surface area contributed by atoms with Crippen LogP contribution in [0.15, 0.2) is 24.3 Å². The topological polar surface area (TPSA) is 64.4 Å². The molecule has 118 valence electrons. The lowest BCUT2D eigenvalue weighted by Crippen LogP contribution is -2.34. The van der Waals surface area contributed by atoms with Gasteiger partial charge >= 0.3 is 0 Å². The van der Waals surface area contributed by atoms with Gasteiger partial charge in [-0.1, -0.05) is 19.1 Å². The van der Waals surface area contributed by atoms with Gasteiger partial charge in [0.15, 0.2) is 0 Å². The predicted molar refractivity (Wildman–Crippen MR) is 88.0 cm³/mol. The zero-order valence-corrected chi connectivity index (χ0v) is 13.5. The first-order valence-corrected chi connectivity index (χ1v) is 7.40. The summed E-state index contributed by atoms with van der Waals surface area (Å²) in [5.41, 5.74) is 6.50. The van der Waals surface area contributed by atoms with E-state index in [-0.39, 0.29) is 36.4 Å². The summed E-state index contributed by atoms with van der Waals surface area (Å²) in [7, 11) is 0. The van der Waals surface area contributed by atoms with Crippen LogP contribution >= 0.6 is 12.4 Å². The maximum Gasteiger partial charge on any atom is 0.228 e. The van der Waals surface area contributed by atoms with Crippen LogP contribution in [0.3, 0.4) is 0 Å². The molecule has 2 rings (SSSR count). The number of amides is 1. The minimum atomic E-state index is -0.227. The third-order valence-electron chi connectivity index (χ3n) is 3.94. The van der Waals surface area contributed by atoms with Gasteiger partial charge in [0, 0.05) is 6.04 Å². The third kappa shape index (κ3) is 4.90. The maximum absolute atomic E-state index is 12.1. The minimum absolute atomic E-state index is 0. The Kier molecular flexibility index (Phi) is 6.99. The van der Waals surface area contributed by atoms with Crippen LogP contribution in [-0.4, -0.2) is 18.1 Å². The van der Waals surface area contributed by atoms with Gasteiger partial charge in [-0.15, -0.1) is 12.4 Å². The molecule has 1 aromatic rings. The van der Waals surface area contributed by atoms with Crippen molar-refractivity contribution >= 4 is 24.0 Å². The predicted octanol–water partition coefficient (Wildman–Crippen LogP) is 3.35. The number of hydrogen-bond donors (Lipinski definition) is 2. The average molecular weight is 313 g/mol. The van der Waals surface area contributed by atoms with Gasteiger partial charge < -0.3 is 15.8 Å². The Hall–Kier alpha value is -1.26. The fourth-order valence-electron chi connectivity index (χ4n) is 2.34. The van der Waals surface area contributed by atoms with Crippen LogP contribution < -0.4 is 15.8 Å². The van der Waals surface area contributed by atoms with Crippen molar-refractivity contribution in [3.63, 3.8) is 0 Å². The van der Waals surface area contributed by atoms with Crippen LogP contribution in [0.25, 0.3) is 0 Å². The molecule has 2 unspecified atom stereocenters. The monoisotopic (exact) mass is 312 g/mol. The van der Waals surface area contributed by atoms with Crippen molar-refractivity contribution in [2.24, 2.45) is 11.7 Å². The highest BCUT2D eigenvalue weighted by atomic mass is 35.5. The standard InChI is InChI=1S/C16H24N2O2.ClH/c1-11(12(2)17)16(19)18-14-9-5-6-10-15(14)20-13-7-3-4-8-13;/h5-6,9-13H,3-4,7-8,17H2,1-2H3,(H,18,19);1H. The molecular formula is C16H25ClN2O2. The van der Waals surface area contributed by atoms with Gasteiger partial charge in [0.2, 0.25) is 5.91 Å². The second-order valence-corrected chi connectivity index (χ2v) is 5.66. The van der Waals surface area contributed by atoms with Crippen molar-refractivity contribution in [1.29, 1.82) is 0 Å². The van der Waals surface area contributed by atoms with Gasteiger partial charge in [0.1, 0.15) is 5.75 Å². The Morgan fingerprint density at radius 2 is 1.90 bits per heavy atom. The molecular weight excluding hydrogens is 288 g/mol. The quantitative estimate of drug-likeness (QED) is 0.876. The molecule has 1 aliphatic rings. The number of halogens is 1. The van der Waals surface area contributed by atoms with E-state index in [0.29, 0.717) is 0 Å². The first-order valence-electron chi connectivity index (χ1n) is 7.40. The summed E-state index contributed by atoms with van der Waals surface area (Å²) in [4.78, 5) is 12.1. The lowest BCUT2D eigenvalue weighted by molar-refractivity contribution is -0.119. The molecule has 5 heteroatoms. The summed E-state index contributed by atoms with van der Waals surface area (Å²) in [5.74, 6) is 0.460. The second-order valence-electron chi connectivity index (χ2n) is 5.66. The SMILES string of the molecule is CC(N)C(C)C(=O)Nc1ccccc1OC1CCCC1.Cl. The maximum atomic E-state index is 12.1. The number of ether oxygens (including phenoxy) is 1. The Bertz CT molecular complexity index is 459. The number of anilines is 1. The smallest absolute Gasteiger partial charge is 0.228 e. The van der Waals surface area contributed by atoms with Crippen LogP contribution in [-0.2, 0) is 4.79 Å². The second kappa shape index (κ2) is 8.25. The van der Waals surface area contributed by atoms with E-state index in [2.05, 4.69) is 5.32 Å². The largest absolute Gasteiger partial charge is 0.488 e. The summed E-state index contributed by atoms with van der Waals surface area (Å²) in [6, 6.07) is 7.43. The summed E-state index contributed by atoms with van der Waals surface area (Å²) in [6.07, 6.45) is 4.91. The van der Waals surface area contributed by atoms with Crippen LogP contribution in [0.5, 0.6) is 5.75 Å². The molecule has 4 nitrogen and oxygen atoms in total. The van der Waals surface area contributed by atoms with Crippen molar-refractivity contribution < 1.29 is 9.53 Å². The molecule has 2 atom stereocenters. The minimum Gasteiger partial charge on any atom is -0.488 e. The number of nitrogens with two attached hydrogens (primary N) is 1. The number of carbonyl (C=O) groups excluding carboxylic acids is 1. The molecule has 1 aliphatic carbocycles. The third-order valence-corrected chi connectivity index (χ3v) is 3.94. The lowest BCUT2D eigenvalue weighted by atomic mass is 10.0. The molecule has 1 saturated carbocycles. The number of rotatable bonds is 5. The number of nitrogens with one attached hydrogen (secondary N) is 1. The molecule has 0 spiro atoms. The first-order chi connectivity index (χ1) is 9.58. The van der Waals surface area contributed by atoms with Crippen molar-refractivity contribution in [1.82, 2.24) is 0 Å². The molecule has 0 heterocycles. The van der Waals surface area contributed by atoms with E-state index in [4.69, 9.17) is 10.5 Å². The summed E-state index contributed by atoms with van der Waals surface area (Å²) in [5, 5.41) is 2.92. The van der Waals surface area contributed by atoms with E-state index in [0.717, 1.165) is 24.3 Å². The van der Waals surface area contributed by atoms with Gasteiger partial charge in [-0.25, -0.2) is 0 Å². The molecule has 0 radical (unpaired) electrons. The highest BCUT2D eigenvalue weighted by Gasteiger charge is 2.21. The molecule has 1 amide bonds. The van der Waals surface area contributed by atoms with Crippen LogP contribution in [0.2, 0.25) is 0 Å². The molecule has 3 N–H and O–H groups in total. The Balaban J connectivity index is 0.00000220. The highest BCUT2D eigenvalue weighted by Crippen LogP contribution is 2.30. The van der Waals surface area contributed by atoms with Gasteiger partial charge in [0.25, 0.3) is 0 Å². The van der Waals surface area contributed by atoms with E-state index in [1.165, 1.54) is 12.8 Å². The van der Waals surface area contributed by atoms with Crippen LogP contribution in [0.4, 0.5) is 5.69 Å². The van der Waals surface area contributed by atoms with Crippen molar-refractivity contribution in [2.75, 3.05) is 5.32 Å². The van der Waals surface area contributed by atoms with E-state index in [9.17, 15) is 4.79 Å². The molecule has 0 aromatic heterocycles. The van der Waals surface area contributed by atoms with E-state index < -0.39 is 0 Å². The summed E-state index contributed by atoms with van der Waals surface area (Å²) < 4.78 is 6.00. The Labute approximate surface area is 132 Å². The van der Waals surface area contributed by atoms with Gasteiger partial charge in [0.05, 0.1) is 17.7 Å². The Morgan fingerprint density at radius 3 is 2.52 bits per heavy atom. The molecule has 0 bridgehead atoms. The zero-order valence-electron chi connectivity index (χ0n) is 12.7. The highest BCUT2D eigenvalue weighted by molar-refractivity contribution is 5.94. The lowest BCUT2D eigenvalue weighted by Gasteiger charge is -2.19. The van der Waals surface area contributed by atoms with Gasteiger partial charge in [-0.2, -0.15) is 0 Å². The van der Waals surface area contributed by atoms with E-state index >= 15 is 0 Å². The van der Waals surface area contributed by atoms with Crippen LogP contribution in [0.1, 0.15) is 39.5 Å². The van der Waals surface area contributed by atoms with E-state index in [1.54, 1.807) is 0 Å². The zero-order chi connectivity index (χ0) is 14.5. The van der Waals surface area contributed by atoms with Gasteiger partial charge in [-0.05, 0) is 44.7 Å². The van der Waals surface area contributed by atoms with Crippen LogP contribution in [0, 0.1) is 5.92 Å². The molecule has 21 heavy (non-hydrogen) atoms. The van der Waals surface area contributed by atoms with Gasteiger partial charge in [-0.3, -0.25) is 4.79 Å². The fraction of sp³-hybridized carbons (Fsp3) is 0.562. The Morgan fingerprint density at radius 1 is 1.29 bits per heavy atom. The number of benzene rings is 1. The number of hydrogen-bond acceptors (Lipinski definition) is 3. The first kappa shape index (κ1) is 17.8. The molecule has 1 fully saturated rings.